The Hall–Kier alpha value is -1.68. The van der Waals surface area contributed by atoms with E-state index in [0.29, 0.717) is 0 Å². The second-order valence-electron chi connectivity index (χ2n) is 4.39. The number of hydrogen-bond donors (Lipinski definition) is 1. The molecule has 4 heteroatoms. The van der Waals surface area contributed by atoms with E-state index in [2.05, 4.69) is 16.1 Å². The number of hydrogen-bond acceptors (Lipinski definition) is 3. The lowest BCUT2D eigenvalue weighted by Gasteiger charge is -2.13. The van der Waals surface area contributed by atoms with E-state index in [1.807, 2.05) is 37.7 Å². The van der Waals surface area contributed by atoms with Crippen LogP contribution in [-0.4, -0.2) is 14.8 Å². The van der Waals surface area contributed by atoms with Gasteiger partial charge in [0.25, 0.3) is 0 Å². The molecule has 0 bridgehead atoms. The number of aromatic nitrogens is 3. The Balaban J connectivity index is 2.20. The van der Waals surface area contributed by atoms with Crippen LogP contribution in [0, 0.1) is 13.8 Å². The molecule has 0 spiro atoms. The molecule has 2 N–H and O–H groups in total. The molecule has 0 fully saturated rings. The Morgan fingerprint density at radius 2 is 2.18 bits per heavy atom. The maximum atomic E-state index is 6.22. The van der Waals surface area contributed by atoms with Crippen LogP contribution in [0.5, 0.6) is 0 Å². The maximum absolute atomic E-state index is 6.22. The number of pyridine rings is 1. The van der Waals surface area contributed by atoms with Crippen molar-refractivity contribution in [2.45, 2.75) is 26.3 Å². The first kappa shape index (κ1) is 11.8. The number of rotatable bonds is 3. The molecule has 2 aromatic heterocycles. The summed E-state index contributed by atoms with van der Waals surface area (Å²) in [5.41, 5.74) is 10.5. The molecule has 4 nitrogen and oxygen atoms in total. The molecule has 1 atom stereocenters. The average molecular weight is 230 g/mol. The van der Waals surface area contributed by atoms with Gasteiger partial charge >= 0.3 is 0 Å². The van der Waals surface area contributed by atoms with Gasteiger partial charge in [0.05, 0.1) is 5.69 Å². The molecule has 17 heavy (non-hydrogen) atoms. The third kappa shape index (κ3) is 2.53. The summed E-state index contributed by atoms with van der Waals surface area (Å²) in [6, 6.07) is 6.01. The van der Waals surface area contributed by atoms with Gasteiger partial charge in [-0.05, 0) is 31.5 Å². The smallest absolute Gasteiger partial charge is 0.0596 e. The highest BCUT2D eigenvalue weighted by molar-refractivity contribution is 5.24. The van der Waals surface area contributed by atoms with Crippen molar-refractivity contribution in [1.29, 1.82) is 0 Å². The minimum atomic E-state index is -0.0292. The van der Waals surface area contributed by atoms with E-state index in [4.69, 9.17) is 5.73 Å². The summed E-state index contributed by atoms with van der Waals surface area (Å²) in [6.07, 6.45) is 2.57. The zero-order chi connectivity index (χ0) is 12.4. The first-order chi connectivity index (χ1) is 8.08. The standard InChI is InChI=1S/C13H18N4/c1-9-7-11(17(3)16-9)8-13(14)12-5-4-6-15-10(12)2/h4-7,13H,8,14H2,1-3H3. The Morgan fingerprint density at radius 1 is 1.41 bits per heavy atom. The van der Waals surface area contributed by atoms with Gasteiger partial charge in [-0.25, -0.2) is 0 Å². The minimum absolute atomic E-state index is 0.0292. The van der Waals surface area contributed by atoms with E-state index in [9.17, 15) is 0 Å². The average Bonchev–Trinajstić information content (AvgIpc) is 2.58. The molecule has 0 saturated heterocycles. The van der Waals surface area contributed by atoms with Crippen molar-refractivity contribution in [2.24, 2.45) is 12.8 Å². The third-order valence-electron chi connectivity index (χ3n) is 2.98. The molecule has 0 aliphatic carbocycles. The lowest BCUT2D eigenvalue weighted by Crippen LogP contribution is -2.16. The molecule has 0 saturated carbocycles. The summed E-state index contributed by atoms with van der Waals surface area (Å²) in [5, 5.41) is 4.33. The van der Waals surface area contributed by atoms with Crippen LogP contribution in [0.15, 0.2) is 24.4 Å². The fourth-order valence-electron chi connectivity index (χ4n) is 2.08. The molecular formula is C13H18N4. The van der Waals surface area contributed by atoms with Crippen molar-refractivity contribution in [3.63, 3.8) is 0 Å². The molecule has 0 radical (unpaired) electrons. The van der Waals surface area contributed by atoms with Crippen LogP contribution in [0.25, 0.3) is 0 Å². The molecule has 90 valence electrons. The molecule has 0 aromatic carbocycles. The van der Waals surface area contributed by atoms with Crippen LogP contribution in [0.4, 0.5) is 0 Å². The van der Waals surface area contributed by atoms with Crippen molar-refractivity contribution in [2.75, 3.05) is 0 Å². The Labute approximate surface area is 101 Å². The van der Waals surface area contributed by atoms with Crippen LogP contribution >= 0.6 is 0 Å². The van der Waals surface area contributed by atoms with E-state index in [0.717, 1.165) is 29.1 Å². The molecule has 0 amide bonds. The van der Waals surface area contributed by atoms with Gasteiger partial charge in [-0.2, -0.15) is 5.10 Å². The normalized spacial score (nSPS) is 12.7. The fraction of sp³-hybridized carbons (Fsp3) is 0.385. The Morgan fingerprint density at radius 3 is 2.76 bits per heavy atom. The highest BCUT2D eigenvalue weighted by atomic mass is 15.3. The van der Waals surface area contributed by atoms with Crippen LogP contribution in [0.1, 0.15) is 28.7 Å². The topological polar surface area (TPSA) is 56.7 Å². The second kappa shape index (κ2) is 4.67. The van der Waals surface area contributed by atoms with Gasteiger partial charge in [0.2, 0.25) is 0 Å². The van der Waals surface area contributed by atoms with Crippen LogP contribution < -0.4 is 5.73 Å². The maximum Gasteiger partial charge on any atom is 0.0596 e. The Kier molecular flexibility index (Phi) is 3.24. The zero-order valence-electron chi connectivity index (χ0n) is 10.5. The third-order valence-corrected chi connectivity index (χ3v) is 2.98. The van der Waals surface area contributed by atoms with Crippen LogP contribution in [-0.2, 0) is 13.5 Å². The fourth-order valence-corrected chi connectivity index (χ4v) is 2.08. The summed E-state index contributed by atoms with van der Waals surface area (Å²) in [4.78, 5) is 4.27. The van der Waals surface area contributed by atoms with Gasteiger partial charge in [0, 0.05) is 37.1 Å². The van der Waals surface area contributed by atoms with Gasteiger partial charge in [0.1, 0.15) is 0 Å². The summed E-state index contributed by atoms with van der Waals surface area (Å²) in [7, 11) is 1.95. The zero-order valence-corrected chi connectivity index (χ0v) is 10.5. The van der Waals surface area contributed by atoms with Crippen molar-refractivity contribution < 1.29 is 0 Å². The minimum Gasteiger partial charge on any atom is -0.324 e. The van der Waals surface area contributed by atoms with Crippen molar-refractivity contribution >= 4 is 0 Å². The molecule has 0 aliphatic rings. The summed E-state index contributed by atoms with van der Waals surface area (Å²) >= 11 is 0. The molecule has 1 unspecified atom stereocenters. The number of aryl methyl sites for hydroxylation is 3. The molecule has 2 rings (SSSR count). The van der Waals surface area contributed by atoms with Crippen molar-refractivity contribution in [3.05, 3.63) is 47.0 Å². The van der Waals surface area contributed by atoms with Crippen molar-refractivity contribution in [1.82, 2.24) is 14.8 Å². The quantitative estimate of drug-likeness (QED) is 0.872. The Bertz CT molecular complexity index is 516. The first-order valence-electron chi connectivity index (χ1n) is 5.74. The van der Waals surface area contributed by atoms with Gasteiger partial charge < -0.3 is 5.73 Å². The van der Waals surface area contributed by atoms with Crippen LogP contribution in [0.2, 0.25) is 0 Å². The van der Waals surface area contributed by atoms with Gasteiger partial charge in [-0.1, -0.05) is 6.07 Å². The second-order valence-corrected chi connectivity index (χ2v) is 4.39. The molecular weight excluding hydrogens is 212 g/mol. The van der Waals surface area contributed by atoms with Crippen LogP contribution in [0.3, 0.4) is 0 Å². The van der Waals surface area contributed by atoms with E-state index >= 15 is 0 Å². The predicted molar refractivity (Wildman–Crippen MR) is 67.6 cm³/mol. The van der Waals surface area contributed by atoms with Gasteiger partial charge in [-0.15, -0.1) is 0 Å². The van der Waals surface area contributed by atoms with E-state index in [-0.39, 0.29) is 6.04 Å². The summed E-state index contributed by atoms with van der Waals surface area (Å²) in [5.74, 6) is 0. The highest BCUT2D eigenvalue weighted by Gasteiger charge is 2.12. The van der Waals surface area contributed by atoms with Crippen molar-refractivity contribution in [3.8, 4) is 0 Å². The largest absolute Gasteiger partial charge is 0.324 e. The number of nitrogens with zero attached hydrogens (tertiary/aromatic N) is 3. The summed E-state index contributed by atoms with van der Waals surface area (Å²) in [6.45, 7) is 3.98. The summed E-state index contributed by atoms with van der Waals surface area (Å²) < 4.78 is 1.89. The van der Waals surface area contributed by atoms with Gasteiger partial charge in [-0.3, -0.25) is 9.67 Å². The lowest BCUT2D eigenvalue weighted by molar-refractivity contribution is 0.635. The van der Waals surface area contributed by atoms with Gasteiger partial charge in [0.15, 0.2) is 0 Å². The molecule has 0 aliphatic heterocycles. The monoisotopic (exact) mass is 230 g/mol. The molecule has 2 aromatic rings. The highest BCUT2D eigenvalue weighted by Crippen LogP contribution is 2.18. The van der Waals surface area contributed by atoms with E-state index in [1.54, 1.807) is 6.20 Å². The first-order valence-corrected chi connectivity index (χ1v) is 5.74. The van der Waals surface area contributed by atoms with E-state index < -0.39 is 0 Å². The predicted octanol–water partition coefficient (Wildman–Crippen LogP) is 1.67. The SMILES string of the molecule is Cc1cc(CC(N)c2cccnc2C)n(C)n1. The molecule has 2 heterocycles. The lowest BCUT2D eigenvalue weighted by atomic mass is 10.0. The number of nitrogens with two attached hydrogens (primary N) is 1. The van der Waals surface area contributed by atoms with E-state index in [1.165, 1.54) is 0 Å².